The van der Waals surface area contributed by atoms with Crippen molar-refractivity contribution >= 4 is 38.9 Å². The first-order valence-electron chi connectivity index (χ1n) is 14.1. The smallest absolute Gasteiger partial charge is 0.333 e. The van der Waals surface area contributed by atoms with E-state index in [4.69, 9.17) is 14.6 Å². The lowest BCUT2D eigenvalue weighted by atomic mass is 9.92. The first kappa shape index (κ1) is 27.8. The molecule has 0 aliphatic rings. The predicted molar refractivity (Wildman–Crippen MR) is 167 cm³/mol. The molecule has 0 bridgehead atoms. The molecule has 206 valence electrons. The molecular weight excluding hydrogens is 508 g/mol. The highest BCUT2D eigenvalue weighted by atomic mass is 16.5. The first-order chi connectivity index (χ1) is 20.1. The van der Waals surface area contributed by atoms with Gasteiger partial charge in [-0.25, -0.2) is 4.79 Å². The number of benzene rings is 5. The fraction of sp³-hybridized carbons (Fsp3) is 0.194. The third kappa shape index (κ3) is 6.87. The van der Waals surface area contributed by atoms with E-state index in [1.54, 1.807) is 6.92 Å². The highest BCUT2D eigenvalue weighted by Gasteiger charge is 2.18. The third-order valence-electron chi connectivity index (χ3n) is 6.96. The van der Waals surface area contributed by atoms with E-state index in [2.05, 4.69) is 78.4 Å². The van der Waals surface area contributed by atoms with Gasteiger partial charge >= 0.3 is 5.97 Å². The van der Waals surface area contributed by atoms with Gasteiger partial charge in [-0.05, 0) is 78.4 Å². The van der Waals surface area contributed by atoms with Crippen molar-refractivity contribution in [2.75, 3.05) is 13.2 Å². The molecular formula is C36H34N2O3. The van der Waals surface area contributed by atoms with Crippen LogP contribution in [0, 0.1) is 0 Å². The Hall–Kier alpha value is -4.77. The average Bonchev–Trinajstić information content (AvgIpc) is 3.01. The molecule has 5 nitrogen and oxygen atoms in total. The molecule has 0 unspecified atom stereocenters. The number of hydrogen-bond donors (Lipinski definition) is 0. The Kier molecular flexibility index (Phi) is 9.17. The molecule has 0 saturated carbocycles. The maximum absolute atomic E-state index is 11.5. The standard InChI is InChI=1S/C36H34N2O3/c1-26(2)36(39)41-25-13-4-3-12-24-40-33-23-21-28-15-9-11-19-31(28)35(33)34-30-18-10-8-14-27(30)20-22-32(34)38-37-29-16-6-5-7-17-29/h5-11,14-23H,1,3-4,12-13,24-25H2,2H3. The lowest BCUT2D eigenvalue weighted by molar-refractivity contribution is -0.139. The molecule has 5 rings (SSSR count). The second-order valence-corrected chi connectivity index (χ2v) is 10.1. The largest absolute Gasteiger partial charge is 0.493 e. The first-order valence-corrected chi connectivity index (χ1v) is 14.1. The van der Waals surface area contributed by atoms with Gasteiger partial charge in [0.1, 0.15) is 5.75 Å². The molecule has 0 heterocycles. The number of hydrogen-bond acceptors (Lipinski definition) is 5. The van der Waals surface area contributed by atoms with Crippen LogP contribution in [0.2, 0.25) is 0 Å². The quantitative estimate of drug-likeness (QED) is 0.0682. The Bertz CT molecular complexity index is 1690. The molecule has 0 amide bonds. The van der Waals surface area contributed by atoms with E-state index in [1.165, 1.54) is 0 Å². The van der Waals surface area contributed by atoms with Crippen molar-refractivity contribution < 1.29 is 14.3 Å². The van der Waals surface area contributed by atoms with Crippen LogP contribution in [0.4, 0.5) is 11.4 Å². The number of rotatable bonds is 12. The Morgan fingerprint density at radius 3 is 1.98 bits per heavy atom. The summed E-state index contributed by atoms with van der Waals surface area (Å²) in [5.74, 6) is 0.500. The van der Waals surface area contributed by atoms with Crippen molar-refractivity contribution in [2.45, 2.75) is 32.6 Å². The van der Waals surface area contributed by atoms with Gasteiger partial charge in [0.05, 0.1) is 24.6 Å². The minimum absolute atomic E-state index is 0.326. The second-order valence-electron chi connectivity index (χ2n) is 10.1. The van der Waals surface area contributed by atoms with Crippen LogP contribution in [0.3, 0.4) is 0 Å². The number of ether oxygens (including phenoxy) is 2. The Morgan fingerprint density at radius 1 is 0.659 bits per heavy atom. The van der Waals surface area contributed by atoms with E-state index in [1.807, 2.05) is 36.4 Å². The maximum atomic E-state index is 11.5. The van der Waals surface area contributed by atoms with Crippen LogP contribution in [0.1, 0.15) is 32.6 Å². The van der Waals surface area contributed by atoms with Gasteiger partial charge in [-0.3, -0.25) is 0 Å². The van der Waals surface area contributed by atoms with E-state index in [0.717, 1.165) is 75.5 Å². The summed E-state index contributed by atoms with van der Waals surface area (Å²) >= 11 is 0. The lowest BCUT2D eigenvalue weighted by Crippen LogP contribution is -2.06. The van der Waals surface area contributed by atoms with E-state index < -0.39 is 0 Å². The van der Waals surface area contributed by atoms with Crippen LogP contribution in [0.15, 0.2) is 126 Å². The van der Waals surface area contributed by atoms with Crippen molar-refractivity contribution in [3.63, 3.8) is 0 Å². The van der Waals surface area contributed by atoms with Crippen LogP contribution < -0.4 is 4.74 Å². The van der Waals surface area contributed by atoms with Crippen molar-refractivity contribution in [3.8, 4) is 16.9 Å². The molecule has 0 aliphatic heterocycles. The van der Waals surface area contributed by atoms with Crippen molar-refractivity contribution in [1.82, 2.24) is 0 Å². The zero-order valence-electron chi connectivity index (χ0n) is 23.4. The van der Waals surface area contributed by atoms with Gasteiger partial charge in [-0.2, -0.15) is 5.11 Å². The van der Waals surface area contributed by atoms with E-state index in [-0.39, 0.29) is 5.97 Å². The van der Waals surface area contributed by atoms with Crippen LogP contribution >= 0.6 is 0 Å². The lowest BCUT2D eigenvalue weighted by Gasteiger charge is -2.18. The number of carbonyl (C=O) groups excluding carboxylic acids is 1. The van der Waals surface area contributed by atoms with Gasteiger partial charge in [0.2, 0.25) is 0 Å². The number of carbonyl (C=O) groups is 1. The predicted octanol–water partition coefficient (Wildman–Crippen LogP) is 10.1. The fourth-order valence-electron chi connectivity index (χ4n) is 4.87. The number of unbranched alkanes of at least 4 members (excludes halogenated alkanes) is 3. The zero-order valence-corrected chi connectivity index (χ0v) is 23.4. The number of nitrogens with zero attached hydrogens (tertiary/aromatic N) is 2. The zero-order chi connectivity index (χ0) is 28.4. The Morgan fingerprint density at radius 2 is 1.27 bits per heavy atom. The SMILES string of the molecule is C=C(C)C(=O)OCCCCCCOc1ccc2ccccc2c1-c1c(N=Nc2ccccc2)ccc2ccccc12. The molecule has 5 aromatic rings. The molecule has 0 aromatic heterocycles. The third-order valence-corrected chi connectivity index (χ3v) is 6.96. The summed E-state index contributed by atoms with van der Waals surface area (Å²) in [7, 11) is 0. The summed E-state index contributed by atoms with van der Waals surface area (Å²) in [6.45, 7) is 6.28. The molecule has 0 atom stereocenters. The molecule has 0 N–H and O–H groups in total. The molecule has 5 heteroatoms. The van der Waals surface area contributed by atoms with Crippen LogP contribution in [0.5, 0.6) is 5.75 Å². The van der Waals surface area contributed by atoms with Crippen LogP contribution in [0.25, 0.3) is 32.7 Å². The molecule has 0 saturated heterocycles. The summed E-state index contributed by atoms with van der Waals surface area (Å²) in [5.41, 5.74) is 4.05. The summed E-state index contributed by atoms with van der Waals surface area (Å²) in [6, 6.07) is 34.8. The topological polar surface area (TPSA) is 60.2 Å². The van der Waals surface area contributed by atoms with Gasteiger partial charge in [-0.1, -0.05) is 85.4 Å². The summed E-state index contributed by atoms with van der Waals surface area (Å²) in [5, 5.41) is 13.8. The summed E-state index contributed by atoms with van der Waals surface area (Å²) in [4.78, 5) is 11.5. The van der Waals surface area contributed by atoms with Gasteiger partial charge in [-0.15, -0.1) is 5.11 Å². The Balaban J connectivity index is 1.44. The summed E-state index contributed by atoms with van der Waals surface area (Å²) < 4.78 is 11.7. The summed E-state index contributed by atoms with van der Waals surface area (Å²) in [6.07, 6.45) is 3.67. The van der Waals surface area contributed by atoms with E-state index in [9.17, 15) is 4.79 Å². The molecule has 0 spiro atoms. The van der Waals surface area contributed by atoms with Gasteiger partial charge in [0.15, 0.2) is 0 Å². The van der Waals surface area contributed by atoms with Crippen molar-refractivity contribution in [2.24, 2.45) is 10.2 Å². The highest BCUT2D eigenvalue weighted by Crippen LogP contribution is 2.45. The fourth-order valence-corrected chi connectivity index (χ4v) is 4.87. The highest BCUT2D eigenvalue weighted by molar-refractivity contribution is 6.11. The van der Waals surface area contributed by atoms with Crippen molar-refractivity contribution in [3.05, 3.63) is 115 Å². The van der Waals surface area contributed by atoms with Crippen LogP contribution in [-0.4, -0.2) is 19.2 Å². The molecule has 0 radical (unpaired) electrons. The van der Waals surface area contributed by atoms with E-state index in [0.29, 0.717) is 18.8 Å². The Labute approximate surface area is 241 Å². The van der Waals surface area contributed by atoms with E-state index >= 15 is 0 Å². The second kappa shape index (κ2) is 13.5. The molecule has 41 heavy (non-hydrogen) atoms. The number of azo groups is 1. The number of esters is 1. The molecule has 0 aliphatic carbocycles. The minimum atomic E-state index is -0.326. The molecule has 5 aromatic carbocycles. The van der Waals surface area contributed by atoms with Gasteiger partial charge in [0, 0.05) is 16.7 Å². The minimum Gasteiger partial charge on any atom is -0.493 e. The monoisotopic (exact) mass is 542 g/mol. The normalized spacial score (nSPS) is 11.2. The van der Waals surface area contributed by atoms with Gasteiger partial charge in [0.25, 0.3) is 0 Å². The number of fused-ring (bicyclic) bond motifs is 2. The van der Waals surface area contributed by atoms with Crippen LogP contribution in [-0.2, 0) is 9.53 Å². The molecule has 0 fully saturated rings. The maximum Gasteiger partial charge on any atom is 0.333 e. The van der Waals surface area contributed by atoms with Crippen molar-refractivity contribution in [1.29, 1.82) is 0 Å². The average molecular weight is 543 g/mol. The van der Waals surface area contributed by atoms with Gasteiger partial charge < -0.3 is 9.47 Å².